The molecule has 1 aromatic heterocycles. The number of carbonyl (C=O) groups is 2. The second-order valence-corrected chi connectivity index (χ2v) is 8.88. The summed E-state index contributed by atoms with van der Waals surface area (Å²) in [6, 6.07) is 24.7. The van der Waals surface area contributed by atoms with Gasteiger partial charge < -0.3 is 9.88 Å². The molecule has 0 spiro atoms. The zero-order valence-corrected chi connectivity index (χ0v) is 19.9. The second kappa shape index (κ2) is 11.1. The fraction of sp³-hybridized carbons (Fsp3) is 0.222. The number of aryl methyl sites for hydroxylation is 1. The molecule has 0 fully saturated rings. The maximum absolute atomic E-state index is 12.8. The third-order valence-electron chi connectivity index (χ3n) is 5.58. The van der Waals surface area contributed by atoms with Gasteiger partial charge in [0.2, 0.25) is 0 Å². The summed E-state index contributed by atoms with van der Waals surface area (Å²) in [6.45, 7) is 0.914. The molecule has 0 aliphatic carbocycles. The van der Waals surface area contributed by atoms with Crippen molar-refractivity contribution in [3.05, 3.63) is 100 Å². The van der Waals surface area contributed by atoms with E-state index in [9.17, 15) is 9.59 Å². The van der Waals surface area contributed by atoms with Crippen molar-refractivity contribution in [1.29, 1.82) is 0 Å². The molecule has 0 bridgehead atoms. The largest absolute Gasteiger partial charge is 0.352 e. The molecule has 0 unspecified atom stereocenters. The van der Waals surface area contributed by atoms with E-state index < -0.39 is 0 Å². The number of para-hydroxylation sites is 2. The molecular formula is C27H26BrN3O2. The first-order valence-corrected chi connectivity index (χ1v) is 12.0. The summed E-state index contributed by atoms with van der Waals surface area (Å²) < 4.78 is 2.93. The number of rotatable bonds is 10. The molecule has 4 rings (SSSR count). The van der Waals surface area contributed by atoms with E-state index >= 15 is 0 Å². The summed E-state index contributed by atoms with van der Waals surface area (Å²) in [6.07, 6.45) is 3.59. The molecule has 33 heavy (non-hydrogen) atoms. The van der Waals surface area contributed by atoms with Crippen molar-refractivity contribution in [2.45, 2.75) is 32.2 Å². The molecule has 168 valence electrons. The van der Waals surface area contributed by atoms with E-state index in [1.54, 1.807) is 6.07 Å². The van der Waals surface area contributed by atoms with Crippen LogP contribution in [0.25, 0.3) is 11.0 Å². The molecule has 1 N–H and O–H groups in total. The van der Waals surface area contributed by atoms with Gasteiger partial charge in [-0.25, -0.2) is 4.98 Å². The number of amides is 1. The van der Waals surface area contributed by atoms with Crippen molar-refractivity contribution in [3.8, 4) is 0 Å². The summed E-state index contributed by atoms with van der Waals surface area (Å²) in [5.74, 6) is 0.950. The Balaban J connectivity index is 1.32. The molecule has 0 atom stereocenters. The lowest BCUT2D eigenvalue weighted by atomic mass is 10.1. The van der Waals surface area contributed by atoms with Crippen molar-refractivity contribution >= 4 is 38.7 Å². The number of aromatic nitrogens is 2. The van der Waals surface area contributed by atoms with E-state index in [0.717, 1.165) is 47.0 Å². The molecular weight excluding hydrogens is 478 g/mol. The van der Waals surface area contributed by atoms with Crippen LogP contribution in [0.5, 0.6) is 0 Å². The number of nitrogens with one attached hydrogen (secondary N) is 1. The Bertz CT molecular complexity index is 1250. The Morgan fingerprint density at radius 2 is 1.61 bits per heavy atom. The molecule has 4 aromatic rings. The number of Topliss-reactive ketones (excluding diaryl/α,β-unsaturated/α-hetero) is 1. The zero-order chi connectivity index (χ0) is 23.0. The topological polar surface area (TPSA) is 64.0 Å². The van der Waals surface area contributed by atoms with Crippen LogP contribution in [0.15, 0.2) is 83.3 Å². The third kappa shape index (κ3) is 5.96. The summed E-state index contributed by atoms with van der Waals surface area (Å²) in [4.78, 5) is 29.9. The monoisotopic (exact) mass is 503 g/mol. The highest BCUT2D eigenvalue weighted by molar-refractivity contribution is 9.10. The van der Waals surface area contributed by atoms with E-state index in [4.69, 9.17) is 4.98 Å². The van der Waals surface area contributed by atoms with Gasteiger partial charge in [0, 0.05) is 28.6 Å². The van der Waals surface area contributed by atoms with Crippen molar-refractivity contribution in [3.63, 3.8) is 0 Å². The minimum Gasteiger partial charge on any atom is -0.352 e. The molecule has 0 saturated heterocycles. The van der Waals surface area contributed by atoms with E-state index in [-0.39, 0.29) is 18.2 Å². The van der Waals surface area contributed by atoms with Crippen LogP contribution in [0.1, 0.15) is 45.8 Å². The van der Waals surface area contributed by atoms with Crippen LogP contribution in [-0.2, 0) is 13.0 Å². The van der Waals surface area contributed by atoms with E-state index in [2.05, 4.69) is 21.2 Å². The number of carbonyl (C=O) groups excluding carboxylic acids is 2. The number of hydrogen-bond acceptors (Lipinski definition) is 3. The van der Waals surface area contributed by atoms with Gasteiger partial charge in [0.1, 0.15) is 5.82 Å². The molecule has 3 aromatic carbocycles. The van der Waals surface area contributed by atoms with Gasteiger partial charge in [-0.15, -0.1) is 0 Å². The molecule has 5 nitrogen and oxygen atoms in total. The van der Waals surface area contributed by atoms with Crippen LogP contribution >= 0.6 is 15.9 Å². The van der Waals surface area contributed by atoms with Gasteiger partial charge in [0.25, 0.3) is 5.91 Å². The number of hydrogen-bond donors (Lipinski definition) is 1. The second-order valence-electron chi connectivity index (χ2n) is 7.97. The van der Waals surface area contributed by atoms with Gasteiger partial charge in [-0.1, -0.05) is 70.9 Å². The smallest absolute Gasteiger partial charge is 0.251 e. The Hall–Kier alpha value is -3.25. The highest BCUT2D eigenvalue weighted by Crippen LogP contribution is 2.19. The lowest BCUT2D eigenvalue weighted by Gasteiger charge is -2.09. The highest BCUT2D eigenvalue weighted by atomic mass is 79.9. The van der Waals surface area contributed by atoms with Crippen LogP contribution in [-0.4, -0.2) is 27.8 Å². The number of imidazole rings is 1. The molecule has 0 aliphatic rings. The maximum Gasteiger partial charge on any atom is 0.251 e. The number of unbranched alkanes of at least 4 members (excludes halogenated alkanes) is 2. The molecule has 0 saturated carbocycles. The minimum atomic E-state index is -0.0579. The van der Waals surface area contributed by atoms with E-state index in [1.165, 1.54) is 0 Å². The van der Waals surface area contributed by atoms with Crippen molar-refractivity contribution in [2.75, 3.05) is 6.54 Å². The third-order valence-corrected chi connectivity index (χ3v) is 6.07. The SMILES string of the molecule is O=C(Cn1c(CCCCCNC(=O)c2cccc(Br)c2)nc2ccccc21)c1ccccc1. The predicted molar refractivity (Wildman–Crippen MR) is 135 cm³/mol. The summed E-state index contributed by atoms with van der Waals surface area (Å²) in [5.41, 5.74) is 3.26. The number of fused-ring (bicyclic) bond motifs is 1. The number of ketones is 1. The first-order chi connectivity index (χ1) is 16.1. The van der Waals surface area contributed by atoms with E-state index in [1.807, 2.05) is 77.4 Å². The first-order valence-electron chi connectivity index (χ1n) is 11.2. The van der Waals surface area contributed by atoms with Crippen molar-refractivity contribution < 1.29 is 9.59 Å². The minimum absolute atomic E-state index is 0.0579. The molecule has 0 aliphatic heterocycles. The molecule has 1 heterocycles. The summed E-state index contributed by atoms with van der Waals surface area (Å²) in [7, 11) is 0. The number of nitrogens with zero attached hydrogens (tertiary/aromatic N) is 2. The standard InChI is InChI=1S/C27H26BrN3O2/c28-22-13-9-12-21(18-22)27(33)29-17-8-2-5-16-26-30-23-14-6-7-15-24(23)31(26)19-25(32)20-10-3-1-4-11-20/h1,3-4,6-7,9-15,18H,2,5,8,16-17,19H2,(H,29,33). The molecule has 0 radical (unpaired) electrons. The fourth-order valence-electron chi connectivity index (χ4n) is 3.87. The average molecular weight is 504 g/mol. The van der Waals surface area contributed by atoms with Crippen LogP contribution in [0.3, 0.4) is 0 Å². The number of benzene rings is 3. The molecule has 6 heteroatoms. The summed E-state index contributed by atoms with van der Waals surface area (Å²) >= 11 is 3.39. The fourth-order valence-corrected chi connectivity index (χ4v) is 4.27. The summed E-state index contributed by atoms with van der Waals surface area (Å²) in [5, 5.41) is 2.98. The van der Waals surface area contributed by atoms with Gasteiger partial charge in [0.15, 0.2) is 5.78 Å². The Morgan fingerprint density at radius 3 is 2.42 bits per heavy atom. The Labute approximate surface area is 202 Å². The van der Waals surface area contributed by atoms with E-state index in [0.29, 0.717) is 17.7 Å². The normalized spacial score (nSPS) is 10.9. The highest BCUT2D eigenvalue weighted by Gasteiger charge is 2.14. The molecule has 1 amide bonds. The zero-order valence-electron chi connectivity index (χ0n) is 18.3. The van der Waals surface area contributed by atoms with Gasteiger partial charge >= 0.3 is 0 Å². The number of halogens is 1. The Kier molecular flexibility index (Phi) is 7.68. The van der Waals surface area contributed by atoms with Gasteiger partial charge in [-0.05, 0) is 43.2 Å². The van der Waals surface area contributed by atoms with Crippen molar-refractivity contribution in [1.82, 2.24) is 14.9 Å². The Morgan fingerprint density at radius 1 is 0.848 bits per heavy atom. The predicted octanol–water partition coefficient (Wildman–Crippen LogP) is 5.82. The average Bonchev–Trinajstić information content (AvgIpc) is 3.18. The maximum atomic E-state index is 12.8. The lowest BCUT2D eigenvalue weighted by molar-refractivity contribution is 0.0950. The van der Waals surface area contributed by atoms with Crippen molar-refractivity contribution in [2.24, 2.45) is 0 Å². The first kappa shape index (κ1) is 22.9. The van der Waals surface area contributed by atoms with Gasteiger partial charge in [-0.2, -0.15) is 0 Å². The quantitative estimate of drug-likeness (QED) is 0.219. The van der Waals surface area contributed by atoms with Crippen LogP contribution < -0.4 is 5.32 Å². The van der Waals surface area contributed by atoms with Crippen LogP contribution in [0, 0.1) is 0 Å². The van der Waals surface area contributed by atoms with Gasteiger partial charge in [-0.3, -0.25) is 9.59 Å². The van der Waals surface area contributed by atoms with Gasteiger partial charge in [0.05, 0.1) is 17.6 Å². The van der Waals surface area contributed by atoms with Crippen LogP contribution in [0.4, 0.5) is 0 Å². The lowest BCUT2D eigenvalue weighted by Crippen LogP contribution is -2.24. The van der Waals surface area contributed by atoms with Crippen LogP contribution in [0.2, 0.25) is 0 Å².